The molecule has 0 fully saturated rings. The van der Waals surface area contributed by atoms with Gasteiger partial charge in [-0.3, -0.25) is 0 Å². The molecular formula is C21H25ClN2O2. The van der Waals surface area contributed by atoms with Gasteiger partial charge in [-0.1, -0.05) is 11.6 Å². The monoisotopic (exact) mass is 372 g/mol. The normalized spacial score (nSPS) is 11.2. The molecule has 0 aliphatic rings. The molecule has 5 heteroatoms. The average molecular weight is 373 g/mol. The van der Waals surface area contributed by atoms with Gasteiger partial charge in [0.25, 0.3) is 0 Å². The summed E-state index contributed by atoms with van der Waals surface area (Å²) >= 11 is 5.88. The van der Waals surface area contributed by atoms with E-state index in [4.69, 9.17) is 21.3 Å². The maximum absolute atomic E-state index is 9.35. The smallest absolute Gasteiger partial charge is 0.119 e. The number of nitrogens with zero attached hydrogens (tertiary/aromatic N) is 2. The Balaban J connectivity index is 1.63. The predicted molar refractivity (Wildman–Crippen MR) is 106 cm³/mol. The van der Waals surface area contributed by atoms with Gasteiger partial charge in [-0.15, -0.1) is 0 Å². The lowest BCUT2D eigenvalue weighted by molar-refractivity contribution is 0.292. The molecule has 0 atom stereocenters. The number of ether oxygens (including phenoxy) is 1. The number of halogens is 1. The molecule has 2 aromatic carbocycles. The first-order valence-electron chi connectivity index (χ1n) is 9.04. The summed E-state index contributed by atoms with van der Waals surface area (Å²) in [7, 11) is 0. The molecule has 3 rings (SSSR count). The Morgan fingerprint density at radius 1 is 1.08 bits per heavy atom. The maximum atomic E-state index is 9.35. The van der Waals surface area contributed by atoms with E-state index < -0.39 is 0 Å². The van der Waals surface area contributed by atoms with Crippen molar-refractivity contribution in [2.45, 2.75) is 39.7 Å². The summed E-state index contributed by atoms with van der Waals surface area (Å²) in [5, 5.41) is 10.1. The molecule has 0 aliphatic carbocycles. The lowest BCUT2D eigenvalue weighted by atomic mass is 10.1. The number of unbranched alkanes of at least 4 members (excludes halogenated alkanes) is 1. The first-order valence-corrected chi connectivity index (χ1v) is 9.42. The molecule has 0 saturated heterocycles. The summed E-state index contributed by atoms with van der Waals surface area (Å²) in [5.41, 5.74) is 4.67. The fourth-order valence-corrected chi connectivity index (χ4v) is 3.19. The molecule has 4 nitrogen and oxygen atoms in total. The molecule has 3 aromatic rings. The van der Waals surface area contributed by atoms with Gasteiger partial charge < -0.3 is 14.4 Å². The molecule has 0 aliphatic heterocycles. The molecule has 0 radical (unpaired) electrons. The topological polar surface area (TPSA) is 47.3 Å². The Morgan fingerprint density at radius 2 is 1.81 bits per heavy atom. The van der Waals surface area contributed by atoms with Crippen LogP contribution in [0, 0.1) is 13.8 Å². The highest BCUT2D eigenvalue weighted by Crippen LogP contribution is 2.22. The van der Waals surface area contributed by atoms with E-state index >= 15 is 0 Å². The molecular weight excluding hydrogens is 348 g/mol. The molecule has 1 aromatic heterocycles. The third-order valence-electron chi connectivity index (χ3n) is 4.64. The van der Waals surface area contributed by atoms with Gasteiger partial charge in [-0.25, -0.2) is 4.98 Å². The summed E-state index contributed by atoms with van der Waals surface area (Å²) in [5.74, 6) is 1.79. The van der Waals surface area contributed by atoms with Crippen LogP contribution in [0.2, 0.25) is 5.02 Å². The second-order valence-electron chi connectivity index (χ2n) is 6.59. The average Bonchev–Trinajstić information content (AvgIpc) is 2.93. The number of aromatic nitrogens is 2. The summed E-state index contributed by atoms with van der Waals surface area (Å²) in [4.78, 5) is 4.72. The van der Waals surface area contributed by atoms with Gasteiger partial charge in [0.15, 0.2) is 0 Å². The third kappa shape index (κ3) is 4.37. The van der Waals surface area contributed by atoms with Gasteiger partial charge in [-0.05, 0) is 74.2 Å². The van der Waals surface area contributed by atoms with Gasteiger partial charge in [0.1, 0.15) is 11.6 Å². The summed E-state index contributed by atoms with van der Waals surface area (Å²) in [6.45, 7) is 5.88. The molecule has 1 N–H and O–H groups in total. The Bertz CT molecular complexity index is 872. The lowest BCUT2D eigenvalue weighted by Gasteiger charge is -2.10. The van der Waals surface area contributed by atoms with Gasteiger partial charge in [0, 0.05) is 18.0 Å². The van der Waals surface area contributed by atoms with Crippen molar-refractivity contribution in [3.8, 4) is 5.75 Å². The zero-order valence-corrected chi connectivity index (χ0v) is 16.1. The number of imidazole rings is 1. The largest absolute Gasteiger partial charge is 0.494 e. The van der Waals surface area contributed by atoms with Gasteiger partial charge in [0.2, 0.25) is 0 Å². The van der Waals surface area contributed by atoms with E-state index in [2.05, 4.69) is 30.5 Å². The van der Waals surface area contributed by atoms with Crippen LogP contribution in [0.25, 0.3) is 11.0 Å². The number of hydrogen-bond acceptors (Lipinski definition) is 3. The molecule has 0 unspecified atom stereocenters. The highest BCUT2D eigenvalue weighted by Gasteiger charge is 2.11. The van der Waals surface area contributed by atoms with Gasteiger partial charge >= 0.3 is 0 Å². The van der Waals surface area contributed by atoms with Crippen LogP contribution in [0.3, 0.4) is 0 Å². The number of aliphatic hydroxyl groups excluding tert-OH is 1. The molecule has 26 heavy (non-hydrogen) atoms. The summed E-state index contributed by atoms with van der Waals surface area (Å²) in [6.07, 6.45) is 2.52. The Labute approximate surface area is 159 Å². The third-order valence-corrected chi connectivity index (χ3v) is 4.89. The highest BCUT2D eigenvalue weighted by atomic mass is 35.5. The van der Waals surface area contributed by atoms with Crippen LogP contribution < -0.4 is 4.74 Å². The van der Waals surface area contributed by atoms with E-state index in [9.17, 15) is 5.11 Å². The van der Waals surface area contributed by atoms with Crippen molar-refractivity contribution in [1.82, 2.24) is 9.55 Å². The number of benzene rings is 2. The SMILES string of the molecule is Cc1cc2nc(CCO)n(CCCCOc3ccc(Cl)cc3)c2cc1C. The van der Waals surface area contributed by atoms with Crippen LogP contribution in [0.1, 0.15) is 29.8 Å². The van der Waals surface area contributed by atoms with Crippen molar-refractivity contribution in [2.75, 3.05) is 13.2 Å². The van der Waals surface area contributed by atoms with Crippen molar-refractivity contribution in [1.29, 1.82) is 0 Å². The quantitative estimate of drug-likeness (QED) is 0.583. The summed E-state index contributed by atoms with van der Waals surface area (Å²) < 4.78 is 7.99. The zero-order valence-electron chi connectivity index (χ0n) is 15.3. The lowest BCUT2D eigenvalue weighted by Crippen LogP contribution is -2.07. The van der Waals surface area contributed by atoms with Crippen LogP contribution in [0.4, 0.5) is 0 Å². The molecule has 0 bridgehead atoms. The second kappa shape index (κ2) is 8.56. The van der Waals surface area contributed by atoms with E-state index in [-0.39, 0.29) is 6.61 Å². The zero-order chi connectivity index (χ0) is 18.5. The van der Waals surface area contributed by atoms with Gasteiger partial charge in [-0.2, -0.15) is 0 Å². The minimum atomic E-state index is 0.112. The van der Waals surface area contributed by atoms with Crippen LogP contribution in [0.5, 0.6) is 5.75 Å². The fourth-order valence-electron chi connectivity index (χ4n) is 3.06. The van der Waals surface area contributed by atoms with Crippen molar-refractivity contribution in [3.05, 3.63) is 58.4 Å². The maximum Gasteiger partial charge on any atom is 0.119 e. The Hall–Kier alpha value is -2.04. The standard InChI is InChI=1S/C21H25ClN2O2/c1-15-13-19-20(14-16(15)2)24(21(23-19)9-11-25)10-3-4-12-26-18-7-5-17(22)6-8-18/h5-8,13-14,25H,3-4,9-12H2,1-2H3. The van der Waals surface area contributed by atoms with Crippen LogP contribution >= 0.6 is 11.6 Å². The molecule has 0 amide bonds. The number of aryl methyl sites for hydroxylation is 3. The van der Waals surface area contributed by atoms with E-state index in [1.54, 1.807) is 0 Å². The minimum Gasteiger partial charge on any atom is -0.494 e. The van der Waals surface area contributed by atoms with E-state index in [1.807, 2.05) is 24.3 Å². The minimum absolute atomic E-state index is 0.112. The first kappa shape index (κ1) is 18.7. The molecule has 1 heterocycles. The highest BCUT2D eigenvalue weighted by molar-refractivity contribution is 6.30. The van der Waals surface area contributed by atoms with E-state index in [1.165, 1.54) is 11.1 Å². The van der Waals surface area contributed by atoms with Gasteiger partial charge in [0.05, 0.1) is 24.2 Å². The number of rotatable bonds is 8. The van der Waals surface area contributed by atoms with Crippen LogP contribution in [-0.4, -0.2) is 27.9 Å². The second-order valence-corrected chi connectivity index (χ2v) is 7.02. The van der Waals surface area contributed by atoms with E-state index in [0.717, 1.165) is 42.0 Å². The van der Waals surface area contributed by atoms with Crippen LogP contribution in [-0.2, 0) is 13.0 Å². The number of fused-ring (bicyclic) bond motifs is 1. The van der Waals surface area contributed by atoms with Crippen molar-refractivity contribution < 1.29 is 9.84 Å². The van der Waals surface area contributed by atoms with Crippen molar-refractivity contribution in [2.24, 2.45) is 0 Å². The Morgan fingerprint density at radius 3 is 2.54 bits per heavy atom. The molecule has 0 saturated carbocycles. The van der Waals surface area contributed by atoms with Crippen LogP contribution in [0.15, 0.2) is 36.4 Å². The molecule has 138 valence electrons. The number of aliphatic hydroxyl groups is 1. The first-order chi connectivity index (χ1) is 12.6. The predicted octanol–water partition coefficient (Wildman–Crippen LogP) is 4.70. The summed E-state index contributed by atoms with van der Waals surface area (Å²) in [6, 6.07) is 11.8. The fraction of sp³-hybridized carbons (Fsp3) is 0.381. The van der Waals surface area contributed by atoms with Crippen molar-refractivity contribution in [3.63, 3.8) is 0 Å². The van der Waals surface area contributed by atoms with Crippen molar-refractivity contribution >= 4 is 22.6 Å². The van der Waals surface area contributed by atoms with E-state index in [0.29, 0.717) is 18.1 Å². The Kier molecular flexibility index (Phi) is 6.17. The molecule has 0 spiro atoms. The number of hydrogen-bond donors (Lipinski definition) is 1.